The number of sulfonamides is 1. The van der Waals surface area contributed by atoms with Gasteiger partial charge in [-0.05, 0) is 72.9 Å². The molecule has 31 heavy (non-hydrogen) atoms. The van der Waals surface area contributed by atoms with E-state index in [-0.39, 0.29) is 10.0 Å². The lowest BCUT2D eigenvalue weighted by Gasteiger charge is -2.07. The first-order valence-electron chi connectivity index (χ1n) is 10.0. The molecular weight excluding hydrogens is 430 g/mol. The smallest absolute Gasteiger partial charge is 0.238 e. The Morgan fingerprint density at radius 1 is 0.968 bits per heavy atom. The van der Waals surface area contributed by atoms with Crippen LogP contribution in [-0.4, -0.2) is 20.1 Å². The molecule has 5 nitrogen and oxygen atoms in total. The normalized spacial score (nSPS) is 11.3. The van der Waals surface area contributed by atoms with Crippen molar-refractivity contribution in [2.24, 2.45) is 5.14 Å². The Labute approximate surface area is 187 Å². The maximum Gasteiger partial charge on any atom is 0.238 e. The number of ether oxygens (including phenoxy) is 1. The molecule has 0 aliphatic rings. The summed E-state index contributed by atoms with van der Waals surface area (Å²) in [7, 11) is -3.71. The van der Waals surface area contributed by atoms with Gasteiger partial charge in [0.2, 0.25) is 10.0 Å². The van der Waals surface area contributed by atoms with Crippen molar-refractivity contribution < 1.29 is 17.9 Å². The average molecular weight is 456 g/mol. The Bertz CT molecular complexity index is 1130. The van der Waals surface area contributed by atoms with Crippen molar-refractivity contribution in [2.75, 3.05) is 6.61 Å². The second-order valence-corrected chi connectivity index (χ2v) is 9.69. The van der Waals surface area contributed by atoms with Gasteiger partial charge in [0.05, 0.1) is 11.5 Å². The van der Waals surface area contributed by atoms with Crippen LogP contribution < -0.4 is 9.88 Å². The summed E-state index contributed by atoms with van der Waals surface area (Å²) in [4.78, 5) is 13.3. The third-order valence-corrected chi connectivity index (χ3v) is 6.51. The maximum absolute atomic E-state index is 12.4. The zero-order chi connectivity index (χ0) is 22.3. The van der Waals surface area contributed by atoms with Crippen LogP contribution in [0.5, 0.6) is 5.75 Å². The van der Waals surface area contributed by atoms with Gasteiger partial charge in [-0.15, -0.1) is 0 Å². The minimum absolute atomic E-state index is 0.0736. The lowest BCUT2D eigenvalue weighted by atomic mass is 10.1. The number of aryl methyl sites for hydroxylation is 1. The molecule has 0 bridgehead atoms. The second-order valence-electron chi connectivity index (χ2n) is 7.00. The monoisotopic (exact) mass is 455 g/mol. The number of hydrogen-bond donors (Lipinski definition) is 1. The molecule has 0 atom stereocenters. The van der Waals surface area contributed by atoms with Crippen LogP contribution >= 0.6 is 11.8 Å². The first-order valence-corrected chi connectivity index (χ1v) is 12.4. The number of carbonyl (C=O) groups is 1. The molecule has 2 N–H and O–H groups in total. The van der Waals surface area contributed by atoms with Crippen LogP contribution in [0.15, 0.2) is 82.6 Å². The number of nitrogens with two attached hydrogens (primary N) is 1. The van der Waals surface area contributed by atoms with Gasteiger partial charge in [-0.1, -0.05) is 48.2 Å². The molecule has 0 heterocycles. The van der Waals surface area contributed by atoms with E-state index in [4.69, 9.17) is 9.88 Å². The van der Waals surface area contributed by atoms with Gasteiger partial charge in [0.15, 0.2) is 5.12 Å². The molecule has 3 aromatic carbocycles. The molecule has 0 unspecified atom stereocenters. The van der Waals surface area contributed by atoms with Gasteiger partial charge in [0, 0.05) is 11.3 Å². The lowest BCUT2D eigenvalue weighted by Crippen LogP contribution is -2.11. The highest BCUT2D eigenvalue weighted by Gasteiger charge is 2.09. The number of thioether (sulfide) groups is 1. The van der Waals surface area contributed by atoms with Gasteiger partial charge in [-0.2, -0.15) is 0 Å². The largest absolute Gasteiger partial charge is 0.494 e. The molecule has 0 aliphatic heterocycles. The minimum Gasteiger partial charge on any atom is -0.494 e. The van der Waals surface area contributed by atoms with Crippen LogP contribution in [0.2, 0.25) is 0 Å². The summed E-state index contributed by atoms with van der Waals surface area (Å²) in [5.74, 6) is 0.858. The van der Waals surface area contributed by atoms with E-state index < -0.39 is 10.0 Å². The summed E-state index contributed by atoms with van der Waals surface area (Å²) < 4.78 is 28.3. The lowest BCUT2D eigenvalue weighted by molar-refractivity contribution is -0.111. The first-order chi connectivity index (χ1) is 14.8. The molecule has 0 fully saturated rings. The van der Waals surface area contributed by atoms with Gasteiger partial charge in [0.1, 0.15) is 5.75 Å². The molecule has 0 radical (unpaired) electrons. The Balaban J connectivity index is 1.54. The van der Waals surface area contributed by atoms with E-state index in [1.54, 1.807) is 12.1 Å². The SMILES string of the molecule is CCOc1ccc(CCCC(=O)Sc2cccc(-c3ccc(S(N)(=O)=O)cc3)c2)cc1. The summed E-state index contributed by atoms with van der Waals surface area (Å²) in [6, 6.07) is 22.0. The molecule has 0 spiro atoms. The summed E-state index contributed by atoms with van der Waals surface area (Å²) in [6.07, 6.45) is 2.12. The standard InChI is InChI=1S/C24H25NO4S2/c1-2-29-21-13-9-18(10-14-21)5-3-8-24(26)30-22-7-4-6-20(17-22)19-11-15-23(16-12-19)31(25,27)28/h4,6-7,9-17H,2-3,5,8H2,1H3,(H2,25,27,28). The number of hydrogen-bond acceptors (Lipinski definition) is 5. The summed E-state index contributed by atoms with van der Waals surface area (Å²) in [5.41, 5.74) is 2.96. The van der Waals surface area contributed by atoms with Gasteiger partial charge >= 0.3 is 0 Å². The van der Waals surface area contributed by atoms with Crippen molar-refractivity contribution >= 4 is 26.9 Å². The topological polar surface area (TPSA) is 86.5 Å². The fourth-order valence-corrected chi connectivity index (χ4v) is 4.47. The highest BCUT2D eigenvalue weighted by molar-refractivity contribution is 8.13. The number of benzene rings is 3. The van der Waals surface area contributed by atoms with Crippen molar-refractivity contribution in [2.45, 2.75) is 36.0 Å². The predicted molar refractivity (Wildman–Crippen MR) is 125 cm³/mol. The van der Waals surface area contributed by atoms with Crippen molar-refractivity contribution in [3.63, 3.8) is 0 Å². The predicted octanol–water partition coefficient (Wildman–Crippen LogP) is 5.04. The van der Waals surface area contributed by atoms with Crippen LogP contribution in [-0.2, 0) is 21.2 Å². The van der Waals surface area contributed by atoms with Crippen LogP contribution in [0.25, 0.3) is 11.1 Å². The van der Waals surface area contributed by atoms with Gasteiger partial charge in [-0.25, -0.2) is 13.6 Å². The molecule has 7 heteroatoms. The third kappa shape index (κ3) is 6.95. The van der Waals surface area contributed by atoms with Crippen molar-refractivity contribution in [3.8, 4) is 16.9 Å². The van der Waals surface area contributed by atoms with Gasteiger partial charge in [-0.3, -0.25) is 4.79 Å². The van der Waals surface area contributed by atoms with E-state index in [2.05, 4.69) is 0 Å². The Morgan fingerprint density at radius 3 is 2.32 bits per heavy atom. The highest BCUT2D eigenvalue weighted by Crippen LogP contribution is 2.28. The number of rotatable bonds is 9. The average Bonchev–Trinajstić information content (AvgIpc) is 2.75. The fourth-order valence-electron chi connectivity index (χ4n) is 3.11. The molecule has 3 aromatic rings. The molecule has 0 amide bonds. The zero-order valence-electron chi connectivity index (χ0n) is 17.3. The Hall–Kier alpha value is -2.61. The van der Waals surface area contributed by atoms with Crippen molar-refractivity contribution in [1.82, 2.24) is 0 Å². The molecular formula is C24H25NO4S2. The van der Waals surface area contributed by atoms with Crippen LogP contribution in [0.4, 0.5) is 0 Å². The van der Waals surface area contributed by atoms with E-state index in [0.29, 0.717) is 13.0 Å². The highest BCUT2D eigenvalue weighted by atomic mass is 32.2. The molecule has 0 saturated heterocycles. The molecule has 3 rings (SSSR count). The third-order valence-electron chi connectivity index (χ3n) is 4.66. The Morgan fingerprint density at radius 2 is 1.68 bits per heavy atom. The minimum atomic E-state index is -3.71. The van der Waals surface area contributed by atoms with E-state index in [1.165, 1.54) is 29.5 Å². The fraction of sp³-hybridized carbons (Fsp3) is 0.208. The first kappa shape index (κ1) is 23.1. The van der Waals surface area contributed by atoms with E-state index in [0.717, 1.165) is 34.6 Å². The summed E-state index contributed by atoms with van der Waals surface area (Å²) >= 11 is 1.23. The molecule has 0 aromatic heterocycles. The summed E-state index contributed by atoms with van der Waals surface area (Å²) in [6.45, 7) is 2.60. The zero-order valence-corrected chi connectivity index (χ0v) is 18.9. The van der Waals surface area contributed by atoms with E-state index >= 15 is 0 Å². The Kier molecular flexibility index (Phi) is 7.90. The van der Waals surface area contributed by atoms with Crippen molar-refractivity contribution in [3.05, 3.63) is 78.4 Å². The molecule has 0 aliphatic carbocycles. The van der Waals surface area contributed by atoms with Crippen LogP contribution in [0.1, 0.15) is 25.3 Å². The van der Waals surface area contributed by atoms with Gasteiger partial charge in [0.25, 0.3) is 0 Å². The second kappa shape index (κ2) is 10.6. The van der Waals surface area contributed by atoms with E-state index in [1.807, 2.05) is 55.5 Å². The molecule has 0 saturated carbocycles. The quantitative estimate of drug-likeness (QED) is 0.457. The van der Waals surface area contributed by atoms with E-state index in [9.17, 15) is 13.2 Å². The van der Waals surface area contributed by atoms with Crippen LogP contribution in [0, 0.1) is 0 Å². The number of carbonyl (C=O) groups excluding carboxylic acids is 1. The summed E-state index contributed by atoms with van der Waals surface area (Å²) in [5, 5.41) is 5.26. The number of primary sulfonamides is 1. The molecule has 162 valence electrons. The van der Waals surface area contributed by atoms with Crippen molar-refractivity contribution in [1.29, 1.82) is 0 Å². The van der Waals surface area contributed by atoms with Crippen LogP contribution in [0.3, 0.4) is 0 Å². The maximum atomic E-state index is 12.4. The van der Waals surface area contributed by atoms with Gasteiger partial charge < -0.3 is 4.74 Å².